The minimum Gasteiger partial charge on any atom is -0.423 e. The van der Waals surface area contributed by atoms with E-state index in [9.17, 15) is 4.79 Å². The average Bonchev–Trinajstić information content (AvgIpc) is 3.19. The molecule has 0 aliphatic carbocycles. The second-order valence-electron chi connectivity index (χ2n) is 7.86. The van der Waals surface area contributed by atoms with Gasteiger partial charge in [0.2, 0.25) is 5.91 Å². The molecule has 1 amide bonds. The van der Waals surface area contributed by atoms with Crippen molar-refractivity contribution in [3.63, 3.8) is 0 Å². The zero-order valence-electron chi connectivity index (χ0n) is 17.0. The van der Waals surface area contributed by atoms with Gasteiger partial charge in [-0.25, -0.2) is 0 Å². The Hall–Kier alpha value is -2.86. The smallest absolute Gasteiger partial charge is 0.298 e. The largest absolute Gasteiger partial charge is 0.423 e. The molecule has 3 aromatic rings. The Bertz CT molecular complexity index is 913. The third-order valence-electron chi connectivity index (χ3n) is 5.70. The van der Waals surface area contributed by atoms with Gasteiger partial charge >= 0.3 is 0 Å². The van der Waals surface area contributed by atoms with E-state index in [1.165, 1.54) is 5.56 Å². The summed E-state index contributed by atoms with van der Waals surface area (Å²) in [6.45, 7) is 2.17. The third-order valence-corrected chi connectivity index (χ3v) is 5.70. The van der Waals surface area contributed by atoms with Crippen molar-refractivity contribution in [1.29, 1.82) is 0 Å². The predicted octanol–water partition coefficient (Wildman–Crippen LogP) is 3.46. The summed E-state index contributed by atoms with van der Waals surface area (Å²) in [4.78, 5) is 21.6. The van der Waals surface area contributed by atoms with Gasteiger partial charge in [-0.05, 0) is 44.6 Å². The number of anilines is 1. The standard InChI is InChI=1S/C23H28N4O2/c1-26(2)20(17-8-4-3-5-9-17)16-24-22(28)18-12-14-27(15-13-18)23-25-19-10-6-7-11-21(19)29-23/h3-11,18,20H,12-16H2,1-2H3,(H,24,28). The van der Waals surface area contributed by atoms with Crippen LogP contribution in [0.2, 0.25) is 0 Å². The highest BCUT2D eigenvalue weighted by Crippen LogP contribution is 2.26. The van der Waals surface area contributed by atoms with Crippen LogP contribution in [0.5, 0.6) is 0 Å². The molecule has 0 bridgehead atoms. The zero-order valence-corrected chi connectivity index (χ0v) is 17.0. The van der Waals surface area contributed by atoms with E-state index in [1.54, 1.807) is 0 Å². The molecular weight excluding hydrogens is 364 g/mol. The van der Waals surface area contributed by atoms with Crippen LogP contribution in [0.3, 0.4) is 0 Å². The van der Waals surface area contributed by atoms with Crippen molar-refractivity contribution in [3.05, 3.63) is 60.2 Å². The quantitative estimate of drug-likeness (QED) is 0.696. The summed E-state index contributed by atoms with van der Waals surface area (Å²) < 4.78 is 5.87. The number of oxazole rings is 1. The lowest BCUT2D eigenvalue weighted by molar-refractivity contribution is -0.125. The van der Waals surface area contributed by atoms with Gasteiger partial charge in [-0.1, -0.05) is 42.5 Å². The molecule has 0 radical (unpaired) electrons. The molecule has 4 rings (SSSR count). The first-order valence-electron chi connectivity index (χ1n) is 10.2. The number of aromatic nitrogens is 1. The maximum Gasteiger partial charge on any atom is 0.298 e. The molecule has 152 valence electrons. The number of piperidine rings is 1. The van der Waals surface area contributed by atoms with Gasteiger partial charge in [0.05, 0.1) is 6.04 Å². The van der Waals surface area contributed by atoms with Crippen LogP contribution >= 0.6 is 0 Å². The fraction of sp³-hybridized carbons (Fsp3) is 0.391. The van der Waals surface area contributed by atoms with Crippen molar-refractivity contribution in [2.75, 3.05) is 38.6 Å². The van der Waals surface area contributed by atoms with E-state index in [0.717, 1.165) is 37.0 Å². The van der Waals surface area contributed by atoms with Crippen molar-refractivity contribution < 1.29 is 9.21 Å². The van der Waals surface area contributed by atoms with Gasteiger partial charge in [0, 0.05) is 25.6 Å². The summed E-state index contributed by atoms with van der Waals surface area (Å²) in [5, 5.41) is 3.17. The number of amides is 1. The number of nitrogens with zero attached hydrogens (tertiary/aromatic N) is 3. The van der Waals surface area contributed by atoms with Gasteiger partial charge in [-0.3, -0.25) is 4.79 Å². The maximum absolute atomic E-state index is 12.8. The molecule has 1 fully saturated rings. The van der Waals surface area contributed by atoms with Crippen LogP contribution in [0.25, 0.3) is 11.1 Å². The van der Waals surface area contributed by atoms with E-state index in [1.807, 2.05) is 56.6 Å². The molecule has 6 heteroatoms. The highest BCUT2D eigenvalue weighted by molar-refractivity contribution is 5.79. The normalized spacial score (nSPS) is 16.3. The van der Waals surface area contributed by atoms with Crippen molar-refractivity contribution in [2.45, 2.75) is 18.9 Å². The molecule has 2 aromatic carbocycles. The SMILES string of the molecule is CN(C)C(CNC(=O)C1CCN(c2nc3ccccc3o2)CC1)c1ccccc1. The van der Waals surface area contributed by atoms with Crippen molar-refractivity contribution in [1.82, 2.24) is 15.2 Å². The highest BCUT2D eigenvalue weighted by Gasteiger charge is 2.27. The van der Waals surface area contributed by atoms with Gasteiger partial charge < -0.3 is 19.5 Å². The minimum atomic E-state index is 0.0363. The highest BCUT2D eigenvalue weighted by atomic mass is 16.4. The number of hydrogen-bond donors (Lipinski definition) is 1. The monoisotopic (exact) mass is 392 g/mol. The molecule has 1 saturated heterocycles. The van der Waals surface area contributed by atoms with Crippen LogP contribution in [0.15, 0.2) is 59.0 Å². The Labute approximate surface area is 171 Å². The van der Waals surface area contributed by atoms with Crippen LogP contribution in [0, 0.1) is 5.92 Å². The summed E-state index contributed by atoms with van der Waals surface area (Å²) >= 11 is 0. The molecule has 29 heavy (non-hydrogen) atoms. The summed E-state index contributed by atoms with van der Waals surface area (Å²) in [6.07, 6.45) is 1.62. The molecule has 0 spiro atoms. The van der Waals surface area contributed by atoms with E-state index in [4.69, 9.17) is 4.42 Å². The molecule has 1 atom stereocenters. The number of fused-ring (bicyclic) bond motifs is 1. The molecule has 1 N–H and O–H groups in total. The number of para-hydroxylation sites is 2. The lowest BCUT2D eigenvalue weighted by Crippen LogP contribution is -2.42. The topological polar surface area (TPSA) is 61.6 Å². The van der Waals surface area contributed by atoms with Gasteiger partial charge in [0.25, 0.3) is 6.01 Å². The minimum absolute atomic E-state index is 0.0363. The second kappa shape index (κ2) is 8.66. The summed E-state index contributed by atoms with van der Waals surface area (Å²) in [5.41, 5.74) is 2.89. The third kappa shape index (κ3) is 4.43. The molecule has 6 nitrogen and oxygen atoms in total. The molecule has 1 unspecified atom stereocenters. The molecular formula is C23H28N4O2. The van der Waals surface area contributed by atoms with E-state index in [-0.39, 0.29) is 17.9 Å². The second-order valence-corrected chi connectivity index (χ2v) is 7.86. The van der Waals surface area contributed by atoms with E-state index < -0.39 is 0 Å². The fourth-order valence-corrected chi connectivity index (χ4v) is 3.94. The summed E-state index contributed by atoms with van der Waals surface area (Å²) in [6, 6.07) is 18.9. The summed E-state index contributed by atoms with van der Waals surface area (Å²) in [7, 11) is 4.09. The number of likely N-dealkylation sites (N-methyl/N-ethyl adjacent to an activating group) is 1. The first-order valence-corrected chi connectivity index (χ1v) is 10.2. The maximum atomic E-state index is 12.8. The molecule has 2 heterocycles. The van der Waals surface area contributed by atoms with Crippen molar-refractivity contribution in [3.8, 4) is 0 Å². The van der Waals surface area contributed by atoms with Crippen LogP contribution in [-0.2, 0) is 4.79 Å². The number of carbonyl (C=O) groups excluding carboxylic acids is 1. The van der Waals surface area contributed by atoms with Gasteiger partial charge in [-0.15, -0.1) is 0 Å². The van der Waals surface area contributed by atoms with Gasteiger partial charge in [0.1, 0.15) is 5.52 Å². The number of nitrogens with one attached hydrogen (secondary N) is 1. The Morgan fingerprint density at radius 3 is 2.52 bits per heavy atom. The van der Waals surface area contributed by atoms with Gasteiger partial charge in [0.15, 0.2) is 5.58 Å². The number of rotatable bonds is 6. The molecule has 1 aliphatic rings. The predicted molar refractivity (Wildman–Crippen MR) is 115 cm³/mol. The Morgan fingerprint density at radius 1 is 1.14 bits per heavy atom. The van der Waals surface area contributed by atoms with Gasteiger partial charge in [-0.2, -0.15) is 4.98 Å². The number of benzene rings is 2. The van der Waals surface area contributed by atoms with E-state index in [0.29, 0.717) is 12.6 Å². The van der Waals surface area contributed by atoms with Crippen LogP contribution in [-0.4, -0.2) is 49.5 Å². The van der Waals surface area contributed by atoms with E-state index in [2.05, 4.69) is 32.2 Å². The number of hydrogen-bond acceptors (Lipinski definition) is 5. The van der Waals surface area contributed by atoms with Crippen molar-refractivity contribution >= 4 is 23.0 Å². The van der Waals surface area contributed by atoms with E-state index >= 15 is 0 Å². The van der Waals surface area contributed by atoms with Crippen LogP contribution < -0.4 is 10.2 Å². The Kier molecular flexibility index (Phi) is 5.81. The molecule has 1 aliphatic heterocycles. The summed E-state index contributed by atoms with van der Waals surface area (Å²) in [5.74, 6) is 0.180. The number of carbonyl (C=O) groups is 1. The van der Waals surface area contributed by atoms with Crippen LogP contribution in [0.4, 0.5) is 6.01 Å². The average molecular weight is 393 g/mol. The Balaban J connectivity index is 1.31. The van der Waals surface area contributed by atoms with Crippen molar-refractivity contribution in [2.24, 2.45) is 5.92 Å². The zero-order chi connectivity index (χ0) is 20.2. The first kappa shape index (κ1) is 19.5. The first-order chi connectivity index (χ1) is 14.1. The Morgan fingerprint density at radius 2 is 1.83 bits per heavy atom. The fourth-order valence-electron chi connectivity index (χ4n) is 3.94. The van der Waals surface area contributed by atoms with Crippen LogP contribution in [0.1, 0.15) is 24.4 Å². The lowest BCUT2D eigenvalue weighted by atomic mass is 9.96. The lowest BCUT2D eigenvalue weighted by Gasteiger charge is -2.31. The molecule has 0 saturated carbocycles. The molecule has 1 aromatic heterocycles.